The highest BCUT2D eigenvalue weighted by Gasteiger charge is 2.31. The lowest BCUT2D eigenvalue weighted by Crippen LogP contribution is -2.29. The first-order valence-corrected chi connectivity index (χ1v) is 5.88. The number of benzene rings is 2. The topological polar surface area (TPSA) is 62.5 Å². The molecule has 2 aromatic rings. The lowest BCUT2D eigenvalue weighted by molar-refractivity contribution is 0.275. The number of fused-ring (bicyclic) bond motifs is 1. The average Bonchev–Trinajstić information content (AvgIpc) is 2.82. The van der Waals surface area contributed by atoms with E-state index in [0.29, 0.717) is 29.1 Å². The van der Waals surface area contributed by atoms with E-state index in [2.05, 4.69) is 6.07 Å². The number of hydrogen-bond donors (Lipinski definition) is 1. The van der Waals surface area contributed by atoms with Crippen LogP contribution in [0, 0.1) is 11.3 Å². The van der Waals surface area contributed by atoms with Gasteiger partial charge in [0.15, 0.2) is 0 Å². The summed E-state index contributed by atoms with van der Waals surface area (Å²) in [5.74, 6) is 0.989. The molecule has 0 unspecified atom stereocenters. The molecular formula is C14H10BNO3. The van der Waals surface area contributed by atoms with E-state index in [4.69, 9.17) is 14.7 Å². The minimum absolute atomic E-state index is 0.369. The Hall–Kier alpha value is -2.29. The average molecular weight is 251 g/mol. The molecule has 0 spiro atoms. The zero-order valence-corrected chi connectivity index (χ0v) is 10.0. The minimum Gasteiger partial charge on any atom is -0.456 e. The molecule has 1 aliphatic heterocycles. The molecule has 0 amide bonds. The quantitative estimate of drug-likeness (QED) is 0.823. The molecule has 1 aliphatic rings. The Kier molecular flexibility index (Phi) is 2.96. The summed E-state index contributed by atoms with van der Waals surface area (Å²) < 4.78 is 10.9. The van der Waals surface area contributed by atoms with Gasteiger partial charge in [-0.2, -0.15) is 5.26 Å². The van der Waals surface area contributed by atoms with Crippen LogP contribution in [0.4, 0.5) is 0 Å². The predicted octanol–water partition coefficient (Wildman–Crippen LogP) is 1.57. The Morgan fingerprint density at radius 2 is 1.95 bits per heavy atom. The smallest absolute Gasteiger partial charge is 0.456 e. The third kappa shape index (κ3) is 2.08. The van der Waals surface area contributed by atoms with Crippen molar-refractivity contribution in [2.45, 2.75) is 6.61 Å². The fraction of sp³-hybridized carbons (Fsp3) is 0.0714. The van der Waals surface area contributed by atoms with Crippen molar-refractivity contribution in [3.05, 3.63) is 53.6 Å². The van der Waals surface area contributed by atoms with Gasteiger partial charge in [0.05, 0.1) is 12.2 Å². The van der Waals surface area contributed by atoms with Crippen molar-refractivity contribution in [1.29, 1.82) is 5.26 Å². The Labute approximate surface area is 111 Å². The number of nitrogens with zero attached hydrogens (tertiary/aromatic N) is 1. The zero-order chi connectivity index (χ0) is 13.2. The molecule has 1 heterocycles. The Bertz CT molecular complexity index is 666. The molecule has 0 saturated heterocycles. The molecule has 92 valence electrons. The van der Waals surface area contributed by atoms with Crippen LogP contribution < -0.4 is 10.2 Å². The molecule has 0 saturated carbocycles. The van der Waals surface area contributed by atoms with Crippen LogP contribution in [-0.4, -0.2) is 12.1 Å². The van der Waals surface area contributed by atoms with E-state index in [9.17, 15) is 5.02 Å². The molecular weight excluding hydrogens is 241 g/mol. The van der Waals surface area contributed by atoms with E-state index in [0.717, 1.165) is 5.56 Å². The normalized spacial score (nSPS) is 12.9. The Morgan fingerprint density at radius 1 is 1.16 bits per heavy atom. The highest BCUT2D eigenvalue weighted by atomic mass is 16.5. The van der Waals surface area contributed by atoms with Crippen molar-refractivity contribution >= 4 is 12.6 Å². The van der Waals surface area contributed by atoms with Crippen LogP contribution in [0.2, 0.25) is 0 Å². The molecule has 19 heavy (non-hydrogen) atoms. The molecule has 3 rings (SSSR count). The highest BCUT2D eigenvalue weighted by Crippen LogP contribution is 2.26. The number of rotatable bonds is 2. The van der Waals surface area contributed by atoms with Gasteiger partial charge in [0.1, 0.15) is 17.6 Å². The molecule has 0 atom stereocenters. The van der Waals surface area contributed by atoms with Gasteiger partial charge in [-0.15, -0.1) is 0 Å². The zero-order valence-electron chi connectivity index (χ0n) is 10.0. The summed E-state index contributed by atoms with van der Waals surface area (Å²) in [6.07, 6.45) is 0. The molecule has 0 radical (unpaired) electrons. The molecule has 0 bridgehead atoms. The first-order valence-electron chi connectivity index (χ1n) is 5.88. The van der Waals surface area contributed by atoms with Gasteiger partial charge in [-0.3, -0.25) is 0 Å². The van der Waals surface area contributed by atoms with Crippen LogP contribution in [0.25, 0.3) is 0 Å². The van der Waals surface area contributed by atoms with Gasteiger partial charge in [-0.05, 0) is 23.8 Å². The van der Waals surface area contributed by atoms with Crippen LogP contribution in [0.1, 0.15) is 11.1 Å². The van der Waals surface area contributed by atoms with Crippen molar-refractivity contribution in [3.63, 3.8) is 0 Å². The van der Waals surface area contributed by atoms with E-state index >= 15 is 0 Å². The minimum atomic E-state index is -0.972. The van der Waals surface area contributed by atoms with Crippen molar-refractivity contribution in [2.24, 2.45) is 0 Å². The molecule has 2 aromatic carbocycles. The van der Waals surface area contributed by atoms with Gasteiger partial charge in [0, 0.05) is 5.46 Å². The van der Waals surface area contributed by atoms with Crippen molar-refractivity contribution < 1.29 is 14.4 Å². The van der Waals surface area contributed by atoms with E-state index in [1.165, 1.54) is 0 Å². The van der Waals surface area contributed by atoms with Crippen molar-refractivity contribution in [2.75, 3.05) is 0 Å². The molecule has 5 heteroatoms. The third-order valence-corrected chi connectivity index (χ3v) is 3.03. The monoisotopic (exact) mass is 251 g/mol. The fourth-order valence-electron chi connectivity index (χ4n) is 2.10. The fourth-order valence-corrected chi connectivity index (χ4v) is 2.10. The summed E-state index contributed by atoms with van der Waals surface area (Å²) in [4.78, 5) is 0. The SMILES string of the molecule is N#Cc1ccccc1Oc1cccc2c1B(O)OC2. The van der Waals surface area contributed by atoms with Crippen LogP contribution in [0.3, 0.4) is 0 Å². The highest BCUT2D eigenvalue weighted by molar-refractivity contribution is 6.62. The summed E-state index contributed by atoms with van der Waals surface area (Å²) in [6, 6.07) is 14.5. The third-order valence-electron chi connectivity index (χ3n) is 3.03. The largest absolute Gasteiger partial charge is 0.495 e. The molecule has 4 nitrogen and oxygen atoms in total. The molecule has 0 aliphatic carbocycles. The second kappa shape index (κ2) is 4.77. The van der Waals surface area contributed by atoms with Gasteiger partial charge < -0.3 is 14.4 Å². The lowest BCUT2D eigenvalue weighted by atomic mass is 9.79. The van der Waals surface area contributed by atoms with Crippen LogP contribution >= 0.6 is 0 Å². The van der Waals surface area contributed by atoms with Gasteiger partial charge in [-0.1, -0.05) is 24.3 Å². The summed E-state index contributed by atoms with van der Waals surface area (Å²) in [7, 11) is -0.972. The van der Waals surface area contributed by atoms with Crippen LogP contribution in [0.5, 0.6) is 11.5 Å². The first-order chi connectivity index (χ1) is 9.29. The van der Waals surface area contributed by atoms with Crippen LogP contribution in [0.15, 0.2) is 42.5 Å². The van der Waals surface area contributed by atoms with Gasteiger partial charge in [-0.25, -0.2) is 0 Å². The van der Waals surface area contributed by atoms with E-state index in [1.807, 2.05) is 12.1 Å². The van der Waals surface area contributed by atoms with E-state index in [-0.39, 0.29) is 0 Å². The predicted molar refractivity (Wildman–Crippen MR) is 70.1 cm³/mol. The molecule has 0 aromatic heterocycles. The van der Waals surface area contributed by atoms with Gasteiger partial charge >= 0.3 is 7.12 Å². The summed E-state index contributed by atoms with van der Waals surface area (Å²) >= 11 is 0. The number of ether oxygens (including phenoxy) is 1. The van der Waals surface area contributed by atoms with E-state index < -0.39 is 7.12 Å². The number of hydrogen-bond acceptors (Lipinski definition) is 4. The number of nitriles is 1. The maximum atomic E-state index is 9.80. The lowest BCUT2D eigenvalue weighted by Gasteiger charge is -2.11. The molecule has 1 N–H and O–H groups in total. The second-order valence-electron chi connectivity index (χ2n) is 4.20. The Balaban J connectivity index is 2.01. The van der Waals surface area contributed by atoms with Gasteiger partial charge in [0.25, 0.3) is 0 Å². The summed E-state index contributed by atoms with van der Waals surface area (Å²) in [5, 5.41) is 18.8. The number of para-hydroxylation sites is 1. The van der Waals surface area contributed by atoms with Gasteiger partial charge in [0.2, 0.25) is 0 Å². The van der Waals surface area contributed by atoms with E-state index in [1.54, 1.807) is 30.3 Å². The maximum Gasteiger partial charge on any atom is 0.495 e. The summed E-state index contributed by atoms with van der Waals surface area (Å²) in [5.41, 5.74) is 1.99. The second-order valence-corrected chi connectivity index (χ2v) is 4.20. The summed E-state index contributed by atoms with van der Waals surface area (Å²) in [6.45, 7) is 0.369. The maximum absolute atomic E-state index is 9.80. The first kappa shape index (κ1) is 11.8. The van der Waals surface area contributed by atoms with Crippen molar-refractivity contribution in [1.82, 2.24) is 0 Å². The standard InChI is InChI=1S/C14H10BNO3/c16-8-10-4-1-2-6-12(10)19-13-7-3-5-11-9-18-15(17)14(11)13/h1-7,17H,9H2. The Morgan fingerprint density at radius 3 is 2.79 bits per heavy atom. The van der Waals surface area contributed by atoms with Crippen LogP contribution in [-0.2, 0) is 11.3 Å². The van der Waals surface area contributed by atoms with Crippen molar-refractivity contribution in [3.8, 4) is 17.6 Å². The molecule has 0 fully saturated rings.